The maximum atomic E-state index is 12.7. The molecule has 0 rings (SSSR count). The highest BCUT2D eigenvalue weighted by Crippen LogP contribution is 2.13. The number of hydrogen-bond donors (Lipinski definition) is 0. The molecule has 310 valence electrons. The highest BCUT2D eigenvalue weighted by molar-refractivity contribution is 5.71. The summed E-state index contributed by atoms with van der Waals surface area (Å²) in [5.41, 5.74) is 0. The number of allylic oxidation sites excluding steroid dienone is 10. The van der Waals surface area contributed by atoms with E-state index < -0.39 is 6.10 Å². The van der Waals surface area contributed by atoms with Crippen LogP contribution in [-0.4, -0.2) is 37.2 Å². The topological polar surface area (TPSA) is 78.9 Å². The van der Waals surface area contributed by atoms with Crippen LogP contribution >= 0.6 is 0 Å². The first-order chi connectivity index (χ1) is 26.5. The third kappa shape index (κ3) is 40.3. The Hall–Kier alpha value is -2.89. The van der Waals surface area contributed by atoms with Gasteiger partial charge in [-0.2, -0.15) is 0 Å². The lowest BCUT2D eigenvalue weighted by molar-refractivity contribution is -0.167. The zero-order valence-corrected chi connectivity index (χ0v) is 35.2. The summed E-state index contributed by atoms with van der Waals surface area (Å²) < 4.78 is 16.7. The van der Waals surface area contributed by atoms with Crippen molar-refractivity contribution >= 4 is 17.9 Å². The Morgan fingerprint density at radius 3 is 1.06 bits per heavy atom. The Balaban J connectivity index is 4.43. The van der Waals surface area contributed by atoms with Gasteiger partial charge >= 0.3 is 17.9 Å². The molecule has 0 bridgehead atoms. The number of esters is 3. The molecule has 0 radical (unpaired) electrons. The van der Waals surface area contributed by atoms with E-state index in [2.05, 4.69) is 81.5 Å². The van der Waals surface area contributed by atoms with Gasteiger partial charge in [-0.25, -0.2) is 0 Å². The smallest absolute Gasteiger partial charge is 0.306 e. The normalized spacial score (nSPS) is 12.6. The predicted octanol–water partition coefficient (Wildman–Crippen LogP) is 14.1. The van der Waals surface area contributed by atoms with Crippen molar-refractivity contribution in [3.8, 4) is 0 Å². The minimum atomic E-state index is -0.787. The third-order valence-electron chi connectivity index (χ3n) is 9.16. The molecule has 54 heavy (non-hydrogen) atoms. The van der Waals surface area contributed by atoms with Crippen LogP contribution in [0.4, 0.5) is 0 Å². The maximum Gasteiger partial charge on any atom is 0.306 e. The fourth-order valence-electron chi connectivity index (χ4n) is 5.81. The molecule has 0 heterocycles. The van der Waals surface area contributed by atoms with Gasteiger partial charge in [-0.1, -0.05) is 159 Å². The van der Waals surface area contributed by atoms with Gasteiger partial charge in [0.25, 0.3) is 0 Å². The number of carbonyl (C=O) groups excluding carboxylic acids is 3. The second kappa shape index (κ2) is 42.8. The molecular formula is C48H82O6. The Labute approximate surface area is 332 Å². The molecule has 0 N–H and O–H groups in total. The molecule has 0 fully saturated rings. The lowest BCUT2D eigenvalue weighted by atomic mass is 10.1. The van der Waals surface area contributed by atoms with Gasteiger partial charge in [0.2, 0.25) is 0 Å². The van der Waals surface area contributed by atoms with Gasteiger partial charge < -0.3 is 14.2 Å². The molecule has 0 saturated heterocycles. The van der Waals surface area contributed by atoms with E-state index in [1.807, 2.05) is 0 Å². The minimum absolute atomic E-state index is 0.0899. The average Bonchev–Trinajstić information content (AvgIpc) is 3.17. The van der Waals surface area contributed by atoms with Crippen molar-refractivity contribution in [1.29, 1.82) is 0 Å². The molecule has 0 aliphatic rings. The van der Waals surface area contributed by atoms with Crippen molar-refractivity contribution in [2.45, 2.75) is 213 Å². The fraction of sp³-hybridized carbons (Fsp3) is 0.729. The summed E-state index contributed by atoms with van der Waals surface area (Å²) in [5, 5.41) is 0. The second-order valence-corrected chi connectivity index (χ2v) is 14.6. The Morgan fingerprint density at radius 1 is 0.370 bits per heavy atom. The molecule has 0 saturated carbocycles. The molecule has 0 aliphatic carbocycles. The van der Waals surface area contributed by atoms with Gasteiger partial charge in [-0.05, 0) is 89.9 Å². The van der Waals surface area contributed by atoms with Crippen LogP contribution in [-0.2, 0) is 28.6 Å². The van der Waals surface area contributed by atoms with E-state index in [1.165, 1.54) is 32.1 Å². The molecule has 0 spiro atoms. The maximum absolute atomic E-state index is 12.7. The van der Waals surface area contributed by atoms with Gasteiger partial charge in [0, 0.05) is 19.3 Å². The summed E-state index contributed by atoms with van der Waals surface area (Å²) >= 11 is 0. The molecular weight excluding hydrogens is 673 g/mol. The number of unbranched alkanes of at least 4 members (excludes halogenated alkanes) is 18. The minimum Gasteiger partial charge on any atom is -0.462 e. The van der Waals surface area contributed by atoms with Crippen LogP contribution in [0.25, 0.3) is 0 Å². The molecule has 0 aromatic rings. The summed E-state index contributed by atoms with van der Waals surface area (Å²) in [6.45, 7) is 6.39. The fourth-order valence-corrected chi connectivity index (χ4v) is 5.81. The molecule has 1 unspecified atom stereocenters. The van der Waals surface area contributed by atoms with Crippen molar-refractivity contribution in [3.05, 3.63) is 60.8 Å². The van der Waals surface area contributed by atoms with Gasteiger partial charge in [0.05, 0.1) is 0 Å². The SMILES string of the molecule is CCC/C=C\C/C=C\CCCCCCCC(=O)OCC(COC(=O)CCCCCCC/C=C\CCC)OC(=O)CCCCCCC/C=C\C/C=C\CCC. The van der Waals surface area contributed by atoms with Gasteiger partial charge in [-0.15, -0.1) is 0 Å². The number of rotatable bonds is 39. The van der Waals surface area contributed by atoms with E-state index in [-0.39, 0.29) is 31.1 Å². The predicted molar refractivity (Wildman–Crippen MR) is 228 cm³/mol. The average molecular weight is 755 g/mol. The Morgan fingerprint density at radius 2 is 0.667 bits per heavy atom. The first-order valence-electron chi connectivity index (χ1n) is 22.3. The second-order valence-electron chi connectivity index (χ2n) is 14.6. The van der Waals surface area contributed by atoms with Crippen molar-refractivity contribution in [1.82, 2.24) is 0 Å². The van der Waals surface area contributed by atoms with Crippen molar-refractivity contribution in [3.63, 3.8) is 0 Å². The van der Waals surface area contributed by atoms with Crippen molar-refractivity contribution in [2.24, 2.45) is 0 Å². The number of hydrogen-bond acceptors (Lipinski definition) is 6. The molecule has 0 amide bonds. The first-order valence-corrected chi connectivity index (χ1v) is 22.3. The van der Waals surface area contributed by atoms with Crippen LogP contribution in [0.3, 0.4) is 0 Å². The van der Waals surface area contributed by atoms with Gasteiger partial charge in [-0.3, -0.25) is 14.4 Å². The van der Waals surface area contributed by atoms with Gasteiger partial charge in [0.15, 0.2) is 6.10 Å². The molecule has 0 aromatic carbocycles. The highest BCUT2D eigenvalue weighted by Gasteiger charge is 2.19. The van der Waals surface area contributed by atoms with E-state index in [4.69, 9.17) is 14.2 Å². The highest BCUT2D eigenvalue weighted by atomic mass is 16.6. The molecule has 6 nitrogen and oxygen atoms in total. The molecule has 0 aliphatic heterocycles. The first kappa shape index (κ1) is 51.1. The molecule has 1 atom stereocenters. The van der Waals surface area contributed by atoms with E-state index in [0.29, 0.717) is 19.3 Å². The largest absolute Gasteiger partial charge is 0.462 e. The zero-order chi connectivity index (χ0) is 39.4. The van der Waals surface area contributed by atoms with Crippen LogP contribution in [0, 0.1) is 0 Å². The number of carbonyl (C=O) groups is 3. The Kier molecular flexibility index (Phi) is 40.6. The summed E-state index contributed by atoms with van der Waals surface area (Å²) in [7, 11) is 0. The summed E-state index contributed by atoms with van der Waals surface area (Å²) in [6, 6.07) is 0. The summed E-state index contributed by atoms with van der Waals surface area (Å²) in [4.78, 5) is 37.7. The quantitative estimate of drug-likeness (QED) is 0.0269. The van der Waals surface area contributed by atoms with E-state index in [1.54, 1.807) is 0 Å². The number of ether oxygens (including phenoxy) is 3. The lowest BCUT2D eigenvalue weighted by Gasteiger charge is -2.18. The van der Waals surface area contributed by atoms with Crippen LogP contribution in [0.5, 0.6) is 0 Å². The van der Waals surface area contributed by atoms with Crippen molar-refractivity contribution in [2.75, 3.05) is 13.2 Å². The molecule has 6 heteroatoms. The summed E-state index contributed by atoms with van der Waals surface area (Å²) in [6.07, 6.45) is 50.6. The van der Waals surface area contributed by atoms with E-state index in [9.17, 15) is 14.4 Å². The van der Waals surface area contributed by atoms with Crippen LogP contribution in [0.15, 0.2) is 60.8 Å². The standard InChI is InChI=1S/C48H82O6/c1-4-7-10-13-16-19-22-24-26-29-32-35-38-41-47(50)53-44-45(43-52-46(49)40-37-34-31-28-21-18-15-12-9-6-3)54-48(51)42-39-36-33-30-27-25-23-20-17-14-11-8-5-2/h10-15,19-20,22-23,45H,4-9,16-18,21,24-44H2,1-3H3/b13-10-,14-11-,15-12-,22-19-,23-20-. The third-order valence-corrected chi connectivity index (χ3v) is 9.16. The Bertz CT molecular complexity index is 1010. The van der Waals surface area contributed by atoms with Crippen LogP contribution in [0.2, 0.25) is 0 Å². The lowest BCUT2D eigenvalue weighted by Crippen LogP contribution is -2.30. The van der Waals surface area contributed by atoms with Gasteiger partial charge in [0.1, 0.15) is 13.2 Å². The zero-order valence-electron chi connectivity index (χ0n) is 35.2. The van der Waals surface area contributed by atoms with Crippen LogP contribution in [0.1, 0.15) is 207 Å². The molecule has 0 aromatic heterocycles. The van der Waals surface area contributed by atoms with Crippen molar-refractivity contribution < 1.29 is 28.6 Å². The monoisotopic (exact) mass is 755 g/mol. The van der Waals surface area contributed by atoms with Crippen LogP contribution < -0.4 is 0 Å². The van der Waals surface area contributed by atoms with E-state index in [0.717, 1.165) is 135 Å². The summed E-state index contributed by atoms with van der Waals surface area (Å²) in [5.74, 6) is -0.935. The van der Waals surface area contributed by atoms with E-state index >= 15 is 0 Å².